The Labute approximate surface area is 120 Å². The monoisotopic (exact) mass is 296 g/mol. The van der Waals surface area contributed by atoms with E-state index >= 15 is 0 Å². The lowest BCUT2D eigenvalue weighted by Gasteiger charge is -2.09. The third kappa shape index (κ3) is 2.29. The molecule has 6 heteroatoms. The summed E-state index contributed by atoms with van der Waals surface area (Å²) in [5.74, 6) is -1.59. The van der Waals surface area contributed by atoms with Crippen LogP contribution in [0.4, 0.5) is 4.39 Å². The van der Waals surface area contributed by atoms with Crippen LogP contribution in [0.2, 0.25) is 5.02 Å². The number of aromatic carboxylic acids is 1. The van der Waals surface area contributed by atoms with Gasteiger partial charge in [0, 0.05) is 0 Å². The molecule has 0 unspecified atom stereocenters. The fourth-order valence-electron chi connectivity index (χ4n) is 2.20. The van der Waals surface area contributed by atoms with E-state index in [1.165, 1.54) is 16.8 Å². The second kappa shape index (κ2) is 5.63. The first-order valence-corrected chi connectivity index (χ1v) is 6.67. The van der Waals surface area contributed by atoms with E-state index in [4.69, 9.17) is 11.6 Å². The molecule has 0 atom stereocenters. The Morgan fingerprint density at radius 3 is 2.60 bits per heavy atom. The standard InChI is InChI=1S/C14H14ClFN2O2/c1-3-10-12(14(19)20)11(4-2)18(17-10)13-8(15)6-5-7-9(13)16/h5-7H,3-4H2,1-2H3,(H,19,20). The highest BCUT2D eigenvalue weighted by atomic mass is 35.5. The van der Waals surface area contributed by atoms with Crippen LogP contribution in [0, 0.1) is 5.82 Å². The van der Waals surface area contributed by atoms with Crippen LogP contribution in [-0.2, 0) is 12.8 Å². The maximum Gasteiger partial charge on any atom is 0.339 e. The number of aryl methyl sites for hydroxylation is 1. The number of carbonyl (C=O) groups is 1. The lowest BCUT2D eigenvalue weighted by Crippen LogP contribution is -2.07. The van der Waals surface area contributed by atoms with Gasteiger partial charge in [-0.1, -0.05) is 31.5 Å². The van der Waals surface area contributed by atoms with Crippen LogP contribution < -0.4 is 0 Å². The molecule has 0 fully saturated rings. The minimum absolute atomic E-state index is 0.0909. The van der Waals surface area contributed by atoms with Gasteiger partial charge in [0.05, 0.1) is 16.4 Å². The van der Waals surface area contributed by atoms with Crippen molar-refractivity contribution < 1.29 is 14.3 Å². The number of aromatic nitrogens is 2. The molecule has 0 radical (unpaired) electrons. The molecule has 1 heterocycles. The summed E-state index contributed by atoms with van der Waals surface area (Å²) in [6.45, 7) is 3.61. The molecule has 0 amide bonds. The van der Waals surface area contributed by atoms with Gasteiger partial charge in [-0.3, -0.25) is 0 Å². The molecule has 106 valence electrons. The van der Waals surface area contributed by atoms with Crippen molar-refractivity contribution in [2.45, 2.75) is 26.7 Å². The van der Waals surface area contributed by atoms with Crippen molar-refractivity contribution in [1.82, 2.24) is 9.78 Å². The molecular formula is C14H14ClFN2O2. The molecule has 1 aromatic heterocycles. The van der Waals surface area contributed by atoms with Gasteiger partial charge < -0.3 is 5.11 Å². The predicted molar refractivity (Wildman–Crippen MR) is 74.2 cm³/mol. The Hall–Kier alpha value is -1.88. The number of hydrogen-bond acceptors (Lipinski definition) is 2. The number of nitrogens with zero attached hydrogens (tertiary/aromatic N) is 2. The van der Waals surface area contributed by atoms with Crippen LogP contribution in [0.3, 0.4) is 0 Å². The smallest absolute Gasteiger partial charge is 0.339 e. The predicted octanol–water partition coefficient (Wildman–Crippen LogP) is 3.49. The Balaban J connectivity index is 2.78. The Bertz CT molecular complexity index is 647. The summed E-state index contributed by atoms with van der Waals surface area (Å²) < 4.78 is 15.3. The molecule has 0 bridgehead atoms. The van der Waals surface area contributed by atoms with Crippen molar-refractivity contribution in [1.29, 1.82) is 0 Å². The van der Waals surface area contributed by atoms with E-state index < -0.39 is 11.8 Å². The average molecular weight is 297 g/mol. The van der Waals surface area contributed by atoms with Crippen molar-refractivity contribution in [3.05, 3.63) is 46.0 Å². The van der Waals surface area contributed by atoms with Crippen LogP contribution in [-0.4, -0.2) is 20.9 Å². The minimum atomic E-state index is -1.06. The summed E-state index contributed by atoms with van der Waals surface area (Å²) in [6.07, 6.45) is 0.868. The highest BCUT2D eigenvalue weighted by Gasteiger charge is 2.24. The Morgan fingerprint density at radius 2 is 2.10 bits per heavy atom. The first-order chi connectivity index (χ1) is 9.51. The number of para-hydroxylation sites is 1. The molecule has 0 saturated carbocycles. The first-order valence-electron chi connectivity index (χ1n) is 6.29. The van der Waals surface area contributed by atoms with Gasteiger partial charge in [-0.15, -0.1) is 0 Å². The fourth-order valence-corrected chi connectivity index (χ4v) is 2.44. The highest BCUT2D eigenvalue weighted by Crippen LogP contribution is 2.27. The first kappa shape index (κ1) is 14.5. The van der Waals surface area contributed by atoms with Crippen molar-refractivity contribution in [2.24, 2.45) is 0 Å². The zero-order valence-electron chi connectivity index (χ0n) is 11.2. The zero-order chi connectivity index (χ0) is 14.9. The lowest BCUT2D eigenvalue weighted by atomic mass is 10.1. The molecule has 0 aliphatic rings. The summed E-state index contributed by atoms with van der Waals surface area (Å²) in [7, 11) is 0. The molecule has 2 rings (SSSR count). The van der Waals surface area contributed by atoms with Crippen LogP contribution in [0.5, 0.6) is 0 Å². The number of carboxylic acids is 1. The van der Waals surface area contributed by atoms with Gasteiger partial charge in [0.2, 0.25) is 0 Å². The fraction of sp³-hybridized carbons (Fsp3) is 0.286. The van der Waals surface area contributed by atoms with Crippen molar-refractivity contribution in [2.75, 3.05) is 0 Å². The van der Waals surface area contributed by atoms with Gasteiger partial charge in [0.25, 0.3) is 0 Å². The summed E-state index contributed by atoms with van der Waals surface area (Å²) >= 11 is 6.03. The second-order valence-electron chi connectivity index (χ2n) is 4.26. The van der Waals surface area contributed by atoms with Crippen molar-refractivity contribution >= 4 is 17.6 Å². The van der Waals surface area contributed by atoms with Crippen molar-refractivity contribution in [3.8, 4) is 5.69 Å². The van der Waals surface area contributed by atoms with Gasteiger partial charge in [0.1, 0.15) is 17.1 Å². The summed E-state index contributed by atoms with van der Waals surface area (Å²) in [5, 5.41) is 13.7. The molecular weight excluding hydrogens is 283 g/mol. The molecule has 1 aromatic carbocycles. The average Bonchev–Trinajstić information content (AvgIpc) is 2.77. The van der Waals surface area contributed by atoms with Gasteiger partial charge in [-0.25, -0.2) is 13.9 Å². The van der Waals surface area contributed by atoms with E-state index in [1.54, 1.807) is 13.0 Å². The number of halogens is 2. The van der Waals surface area contributed by atoms with Gasteiger partial charge >= 0.3 is 5.97 Å². The molecule has 0 aliphatic heterocycles. The molecule has 20 heavy (non-hydrogen) atoms. The molecule has 1 N–H and O–H groups in total. The van der Waals surface area contributed by atoms with E-state index in [9.17, 15) is 14.3 Å². The van der Waals surface area contributed by atoms with E-state index in [-0.39, 0.29) is 16.3 Å². The third-order valence-electron chi connectivity index (χ3n) is 3.09. The van der Waals surface area contributed by atoms with Crippen molar-refractivity contribution in [3.63, 3.8) is 0 Å². The zero-order valence-corrected chi connectivity index (χ0v) is 11.9. The number of hydrogen-bond donors (Lipinski definition) is 1. The van der Waals surface area contributed by atoms with E-state index in [2.05, 4.69) is 5.10 Å². The molecule has 0 spiro atoms. The minimum Gasteiger partial charge on any atom is -0.478 e. The van der Waals surface area contributed by atoms with Gasteiger partial charge in [0.15, 0.2) is 0 Å². The number of carboxylic acid groups (broad SMARTS) is 1. The molecule has 0 saturated heterocycles. The SMILES string of the molecule is CCc1nn(-c2c(F)cccc2Cl)c(CC)c1C(=O)O. The molecule has 0 aliphatic carbocycles. The largest absolute Gasteiger partial charge is 0.478 e. The van der Waals surface area contributed by atoms with Crippen LogP contribution in [0.1, 0.15) is 35.6 Å². The molecule has 4 nitrogen and oxygen atoms in total. The molecule has 2 aromatic rings. The van der Waals surface area contributed by atoms with Crippen LogP contribution in [0.25, 0.3) is 5.69 Å². The summed E-state index contributed by atoms with van der Waals surface area (Å²) in [5.41, 5.74) is 1.09. The second-order valence-corrected chi connectivity index (χ2v) is 4.67. The Kier molecular flexibility index (Phi) is 4.09. The summed E-state index contributed by atoms with van der Waals surface area (Å²) in [4.78, 5) is 11.4. The quantitative estimate of drug-likeness (QED) is 0.939. The normalized spacial score (nSPS) is 10.8. The van der Waals surface area contributed by atoms with E-state index in [0.717, 1.165) is 0 Å². The third-order valence-corrected chi connectivity index (χ3v) is 3.39. The van der Waals surface area contributed by atoms with Crippen LogP contribution in [0.15, 0.2) is 18.2 Å². The lowest BCUT2D eigenvalue weighted by molar-refractivity contribution is 0.0694. The topological polar surface area (TPSA) is 55.1 Å². The summed E-state index contributed by atoms with van der Waals surface area (Å²) in [6, 6.07) is 4.32. The number of rotatable bonds is 4. The highest BCUT2D eigenvalue weighted by molar-refractivity contribution is 6.32. The maximum atomic E-state index is 14.0. The Morgan fingerprint density at radius 1 is 1.40 bits per heavy atom. The maximum absolute atomic E-state index is 14.0. The van der Waals surface area contributed by atoms with E-state index in [1.807, 2.05) is 6.92 Å². The van der Waals surface area contributed by atoms with E-state index in [0.29, 0.717) is 24.2 Å². The van der Waals surface area contributed by atoms with Gasteiger partial charge in [-0.05, 0) is 25.0 Å². The van der Waals surface area contributed by atoms with Gasteiger partial charge in [-0.2, -0.15) is 5.10 Å². The number of benzene rings is 1. The van der Waals surface area contributed by atoms with Crippen LogP contribution >= 0.6 is 11.6 Å².